The van der Waals surface area contributed by atoms with Crippen molar-refractivity contribution in [1.29, 1.82) is 0 Å². The van der Waals surface area contributed by atoms with Gasteiger partial charge in [0.15, 0.2) is 0 Å². The maximum atomic E-state index is 13.5. The van der Waals surface area contributed by atoms with Gasteiger partial charge in [0, 0.05) is 44.2 Å². The number of aromatic nitrogens is 1. The molecule has 1 aromatic heterocycles. The van der Waals surface area contributed by atoms with Crippen LogP contribution in [0.2, 0.25) is 0 Å². The predicted octanol–water partition coefficient (Wildman–Crippen LogP) is 2.95. The molecule has 1 aliphatic heterocycles. The Hall–Kier alpha value is -3.57. The fraction of sp³-hybridized carbons (Fsp3) is 0.464. The number of carbonyl (C=O) groups excluding carboxylic acids is 2. The lowest BCUT2D eigenvalue weighted by Crippen LogP contribution is -2.51. The normalized spacial score (nSPS) is 18.0. The third-order valence-electron chi connectivity index (χ3n) is 6.22. The standard InChI is InChI=1S/C28H36N4O4/c1-5-14-29-28(35)31(4)18-25-20(2)17-32(21(3)19-33)27(34)24-15-23(16-30-26(24)36-25)13-9-12-22-10-7-6-8-11-22/h6-8,10-11,15-16,20-21,25,33H,5,12,14,17-19H2,1-4H3,(H,29,35)/t20-,21+,25+/m1/s1. The Balaban J connectivity index is 1.89. The quantitative estimate of drug-likeness (QED) is 0.580. The van der Waals surface area contributed by atoms with E-state index in [-0.39, 0.29) is 36.4 Å². The molecule has 2 heterocycles. The molecule has 36 heavy (non-hydrogen) atoms. The molecule has 8 heteroatoms. The number of ether oxygens (including phenoxy) is 1. The zero-order chi connectivity index (χ0) is 26.1. The Kier molecular flexibility index (Phi) is 9.71. The summed E-state index contributed by atoms with van der Waals surface area (Å²) in [5, 5.41) is 12.7. The van der Waals surface area contributed by atoms with Gasteiger partial charge in [-0.3, -0.25) is 4.79 Å². The smallest absolute Gasteiger partial charge is 0.317 e. The molecule has 8 nitrogen and oxygen atoms in total. The fourth-order valence-corrected chi connectivity index (χ4v) is 3.95. The molecule has 1 aliphatic rings. The Morgan fingerprint density at radius 2 is 2.11 bits per heavy atom. The van der Waals surface area contributed by atoms with Gasteiger partial charge in [0.1, 0.15) is 11.7 Å². The Morgan fingerprint density at radius 3 is 2.81 bits per heavy atom. The number of benzene rings is 1. The van der Waals surface area contributed by atoms with Gasteiger partial charge in [-0.25, -0.2) is 9.78 Å². The van der Waals surface area contributed by atoms with E-state index in [0.717, 1.165) is 12.0 Å². The summed E-state index contributed by atoms with van der Waals surface area (Å²) >= 11 is 0. The highest BCUT2D eigenvalue weighted by Crippen LogP contribution is 2.27. The second-order valence-corrected chi connectivity index (χ2v) is 9.28. The lowest BCUT2D eigenvalue weighted by molar-refractivity contribution is 0.0352. The zero-order valence-electron chi connectivity index (χ0n) is 21.5. The summed E-state index contributed by atoms with van der Waals surface area (Å²) in [7, 11) is 1.72. The molecule has 3 atom stereocenters. The number of aliphatic hydroxyl groups excluding tert-OH is 1. The van der Waals surface area contributed by atoms with Gasteiger partial charge in [-0.2, -0.15) is 0 Å². The number of hydrogen-bond donors (Lipinski definition) is 2. The van der Waals surface area contributed by atoms with Crippen molar-refractivity contribution in [1.82, 2.24) is 20.1 Å². The zero-order valence-corrected chi connectivity index (χ0v) is 21.5. The van der Waals surface area contributed by atoms with Gasteiger partial charge in [-0.05, 0) is 25.0 Å². The summed E-state index contributed by atoms with van der Waals surface area (Å²) in [6.07, 6.45) is 2.64. The van der Waals surface area contributed by atoms with Crippen LogP contribution in [0.5, 0.6) is 5.88 Å². The molecule has 192 valence electrons. The van der Waals surface area contributed by atoms with E-state index >= 15 is 0 Å². The third-order valence-corrected chi connectivity index (χ3v) is 6.22. The van der Waals surface area contributed by atoms with Crippen molar-refractivity contribution in [2.45, 2.75) is 45.8 Å². The fourth-order valence-electron chi connectivity index (χ4n) is 3.95. The molecule has 0 spiro atoms. The number of aliphatic hydroxyl groups is 1. The molecule has 0 saturated heterocycles. The maximum absolute atomic E-state index is 13.5. The van der Waals surface area contributed by atoms with Crippen molar-refractivity contribution < 1.29 is 19.4 Å². The average Bonchev–Trinajstić information content (AvgIpc) is 2.89. The molecule has 2 aromatic rings. The van der Waals surface area contributed by atoms with Crippen LogP contribution in [0, 0.1) is 17.8 Å². The monoisotopic (exact) mass is 492 g/mol. The van der Waals surface area contributed by atoms with Gasteiger partial charge < -0.3 is 25.0 Å². The minimum atomic E-state index is -0.398. The van der Waals surface area contributed by atoms with E-state index in [0.29, 0.717) is 37.2 Å². The molecule has 2 N–H and O–H groups in total. The number of likely N-dealkylation sites (N-methyl/N-ethyl adjacent to an activating group) is 1. The number of hydrogen-bond acceptors (Lipinski definition) is 5. The first-order valence-corrected chi connectivity index (χ1v) is 12.4. The van der Waals surface area contributed by atoms with E-state index in [9.17, 15) is 14.7 Å². The van der Waals surface area contributed by atoms with Crippen molar-refractivity contribution in [3.63, 3.8) is 0 Å². The molecular formula is C28H36N4O4. The first-order valence-electron chi connectivity index (χ1n) is 12.4. The second kappa shape index (κ2) is 12.9. The van der Waals surface area contributed by atoms with E-state index in [4.69, 9.17) is 4.74 Å². The Labute approximate surface area is 213 Å². The van der Waals surface area contributed by atoms with Gasteiger partial charge in [0.25, 0.3) is 5.91 Å². The van der Waals surface area contributed by atoms with Gasteiger partial charge in [0.2, 0.25) is 5.88 Å². The number of carbonyl (C=O) groups is 2. The summed E-state index contributed by atoms with van der Waals surface area (Å²) in [5.74, 6) is 6.08. The van der Waals surface area contributed by atoms with Gasteiger partial charge in [0.05, 0.1) is 19.2 Å². The van der Waals surface area contributed by atoms with E-state index in [2.05, 4.69) is 22.1 Å². The van der Waals surface area contributed by atoms with E-state index < -0.39 is 6.10 Å². The molecule has 3 rings (SSSR count). The topological polar surface area (TPSA) is 95.0 Å². The van der Waals surface area contributed by atoms with Crippen molar-refractivity contribution in [2.24, 2.45) is 5.92 Å². The van der Waals surface area contributed by atoms with E-state index in [1.54, 1.807) is 29.1 Å². The van der Waals surface area contributed by atoms with E-state index in [1.807, 2.05) is 51.1 Å². The molecule has 0 fully saturated rings. The minimum absolute atomic E-state index is 0.107. The lowest BCUT2D eigenvalue weighted by atomic mass is 10.00. The molecule has 0 bridgehead atoms. The number of rotatable bonds is 7. The second-order valence-electron chi connectivity index (χ2n) is 9.28. The molecular weight excluding hydrogens is 456 g/mol. The number of urea groups is 1. The third kappa shape index (κ3) is 6.98. The van der Waals surface area contributed by atoms with Crippen LogP contribution in [0.15, 0.2) is 42.6 Å². The predicted molar refractivity (Wildman–Crippen MR) is 139 cm³/mol. The highest BCUT2D eigenvalue weighted by molar-refractivity contribution is 5.97. The number of pyridine rings is 1. The first kappa shape index (κ1) is 27.0. The van der Waals surface area contributed by atoms with Crippen LogP contribution in [0.1, 0.15) is 48.7 Å². The minimum Gasteiger partial charge on any atom is -0.472 e. The summed E-state index contributed by atoms with van der Waals surface area (Å²) in [5.41, 5.74) is 2.02. The summed E-state index contributed by atoms with van der Waals surface area (Å²) < 4.78 is 6.24. The van der Waals surface area contributed by atoms with Gasteiger partial charge >= 0.3 is 6.03 Å². The molecule has 0 unspecified atom stereocenters. The molecule has 3 amide bonds. The van der Waals surface area contributed by atoms with Crippen LogP contribution in [0.3, 0.4) is 0 Å². The lowest BCUT2D eigenvalue weighted by Gasteiger charge is -2.37. The van der Waals surface area contributed by atoms with Crippen LogP contribution in [-0.4, -0.2) is 77.3 Å². The van der Waals surface area contributed by atoms with Crippen LogP contribution >= 0.6 is 0 Å². The summed E-state index contributed by atoms with van der Waals surface area (Å²) in [4.78, 5) is 33.6. The maximum Gasteiger partial charge on any atom is 0.317 e. The van der Waals surface area contributed by atoms with Crippen LogP contribution in [-0.2, 0) is 6.42 Å². The van der Waals surface area contributed by atoms with Gasteiger partial charge in [-0.1, -0.05) is 56.0 Å². The van der Waals surface area contributed by atoms with Gasteiger partial charge in [-0.15, -0.1) is 0 Å². The largest absolute Gasteiger partial charge is 0.472 e. The van der Waals surface area contributed by atoms with Crippen molar-refractivity contribution in [3.05, 3.63) is 59.3 Å². The molecule has 0 radical (unpaired) electrons. The van der Waals surface area contributed by atoms with Crippen LogP contribution < -0.4 is 10.1 Å². The highest BCUT2D eigenvalue weighted by atomic mass is 16.5. The Morgan fingerprint density at radius 1 is 1.36 bits per heavy atom. The Bertz CT molecular complexity index is 1100. The summed E-state index contributed by atoms with van der Waals surface area (Å²) in [6, 6.07) is 11.1. The van der Waals surface area contributed by atoms with E-state index in [1.165, 1.54) is 0 Å². The number of fused-ring (bicyclic) bond motifs is 1. The molecule has 0 aliphatic carbocycles. The van der Waals surface area contributed by atoms with Crippen LogP contribution in [0.25, 0.3) is 0 Å². The SMILES string of the molecule is CCCNC(=O)N(C)C[C@@H]1Oc2ncc(C#CCc3ccccc3)cc2C(=O)N([C@@H](C)CO)C[C@H]1C. The number of amides is 3. The average molecular weight is 493 g/mol. The number of nitrogens with zero attached hydrogens (tertiary/aromatic N) is 3. The first-order chi connectivity index (χ1) is 17.3. The number of nitrogens with one attached hydrogen (secondary N) is 1. The molecule has 0 saturated carbocycles. The molecule has 1 aromatic carbocycles. The highest BCUT2D eigenvalue weighted by Gasteiger charge is 2.34. The summed E-state index contributed by atoms with van der Waals surface area (Å²) in [6.45, 7) is 6.91. The van der Waals surface area contributed by atoms with Crippen LogP contribution in [0.4, 0.5) is 4.79 Å². The van der Waals surface area contributed by atoms with Crippen molar-refractivity contribution in [2.75, 3.05) is 33.3 Å². The van der Waals surface area contributed by atoms with Crippen molar-refractivity contribution >= 4 is 11.9 Å². The van der Waals surface area contributed by atoms with Crippen molar-refractivity contribution in [3.8, 4) is 17.7 Å².